The zero-order chi connectivity index (χ0) is 14.5. The van der Waals surface area contributed by atoms with Crippen LogP contribution >= 0.6 is 0 Å². The van der Waals surface area contributed by atoms with Crippen LogP contribution in [0, 0.1) is 17.2 Å². The van der Waals surface area contributed by atoms with Crippen LogP contribution in [0.25, 0.3) is 0 Å². The molecule has 108 valence electrons. The maximum absolute atomic E-state index is 9.43. The van der Waals surface area contributed by atoms with Crippen molar-refractivity contribution >= 4 is 5.82 Å². The molecule has 1 aromatic heterocycles. The average Bonchev–Trinajstić information content (AvgIpc) is 2.94. The molecular formula is C17H25N3. The van der Waals surface area contributed by atoms with Crippen molar-refractivity contribution < 1.29 is 0 Å². The third kappa shape index (κ3) is 2.95. The van der Waals surface area contributed by atoms with Gasteiger partial charge in [-0.15, -0.1) is 0 Å². The van der Waals surface area contributed by atoms with Crippen molar-refractivity contribution in [3.05, 3.63) is 22.9 Å². The highest BCUT2D eigenvalue weighted by atomic mass is 15.2. The normalized spacial score (nSPS) is 13.3. The minimum absolute atomic E-state index is 0.677. The SMILES string of the molecule is CCC(CC)CN(CC)c1nc2c(cc1C#N)CCC2. The lowest BCUT2D eigenvalue weighted by Gasteiger charge is -2.27. The van der Waals surface area contributed by atoms with Crippen LogP contribution < -0.4 is 4.90 Å². The van der Waals surface area contributed by atoms with Crippen molar-refractivity contribution in [1.82, 2.24) is 4.98 Å². The quantitative estimate of drug-likeness (QED) is 0.792. The van der Waals surface area contributed by atoms with Crippen molar-refractivity contribution in [2.45, 2.75) is 52.9 Å². The van der Waals surface area contributed by atoms with E-state index in [1.54, 1.807) is 0 Å². The number of aromatic nitrogens is 1. The Kier molecular flexibility index (Phi) is 5.00. The summed E-state index contributed by atoms with van der Waals surface area (Å²) in [5.41, 5.74) is 3.24. The van der Waals surface area contributed by atoms with Crippen LogP contribution in [0.3, 0.4) is 0 Å². The topological polar surface area (TPSA) is 39.9 Å². The van der Waals surface area contributed by atoms with Crippen molar-refractivity contribution in [1.29, 1.82) is 5.26 Å². The number of hydrogen-bond donors (Lipinski definition) is 0. The summed E-state index contributed by atoms with van der Waals surface area (Å²) in [6, 6.07) is 4.41. The minimum atomic E-state index is 0.677. The second kappa shape index (κ2) is 6.74. The lowest BCUT2D eigenvalue weighted by molar-refractivity contribution is 0.484. The zero-order valence-electron chi connectivity index (χ0n) is 12.9. The Hall–Kier alpha value is -1.56. The van der Waals surface area contributed by atoms with E-state index in [-0.39, 0.29) is 0 Å². The summed E-state index contributed by atoms with van der Waals surface area (Å²) in [5, 5.41) is 9.43. The molecule has 1 heterocycles. The fraction of sp³-hybridized carbons (Fsp3) is 0.647. The van der Waals surface area contributed by atoms with Crippen LogP contribution in [-0.4, -0.2) is 18.1 Å². The Morgan fingerprint density at radius 2 is 2.05 bits per heavy atom. The van der Waals surface area contributed by atoms with Gasteiger partial charge in [-0.2, -0.15) is 5.26 Å². The molecule has 0 N–H and O–H groups in total. The summed E-state index contributed by atoms with van der Waals surface area (Å²) in [6.45, 7) is 8.55. The smallest absolute Gasteiger partial charge is 0.146 e. The Bertz CT molecular complexity index is 498. The van der Waals surface area contributed by atoms with Crippen LogP contribution in [0.5, 0.6) is 0 Å². The Morgan fingerprint density at radius 1 is 1.30 bits per heavy atom. The molecule has 1 aliphatic carbocycles. The van der Waals surface area contributed by atoms with Crippen molar-refractivity contribution in [2.24, 2.45) is 5.92 Å². The van der Waals surface area contributed by atoms with E-state index in [9.17, 15) is 5.26 Å². The number of anilines is 1. The highest BCUT2D eigenvalue weighted by Crippen LogP contribution is 2.27. The molecule has 0 atom stereocenters. The number of aryl methyl sites for hydroxylation is 2. The van der Waals surface area contributed by atoms with Gasteiger partial charge in [-0.1, -0.05) is 26.7 Å². The van der Waals surface area contributed by atoms with Gasteiger partial charge in [0.1, 0.15) is 11.9 Å². The molecule has 2 rings (SSSR count). The van der Waals surface area contributed by atoms with E-state index in [0.29, 0.717) is 5.92 Å². The molecule has 0 saturated heterocycles. The van der Waals surface area contributed by atoms with Gasteiger partial charge in [0.15, 0.2) is 0 Å². The van der Waals surface area contributed by atoms with Gasteiger partial charge in [0, 0.05) is 18.8 Å². The van der Waals surface area contributed by atoms with Crippen molar-refractivity contribution in [2.75, 3.05) is 18.0 Å². The minimum Gasteiger partial charge on any atom is -0.356 e. The molecule has 3 heteroatoms. The predicted octanol–water partition coefficient (Wildman–Crippen LogP) is 3.70. The molecule has 0 spiro atoms. The number of pyridine rings is 1. The lowest BCUT2D eigenvalue weighted by atomic mass is 10.0. The second-order valence-corrected chi connectivity index (χ2v) is 5.65. The fourth-order valence-electron chi connectivity index (χ4n) is 3.01. The van der Waals surface area contributed by atoms with Gasteiger partial charge in [0.25, 0.3) is 0 Å². The van der Waals surface area contributed by atoms with Crippen LogP contribution in [0.2, 0.25) is 0 Å². The summed E-state index contributed by atoms with van der Waals surface area (Å²) < 4.78 is 0. The van der Waals surface area contributed by atoms with Gasteiger partial charge >= 0.3 is 0 Å². The number of rotatable bonds is 6. The predicted molar refractivity (Wildman–Crippen MR) is 82.9 cm³/mol. The number of nitrogens with zero attached hydrogens (tertiary/aromatic N) is 3. The van der Waals surface area contributed by atoms with E-state index < -0.39 is 0 Å². The Labute approximate surface area is 122 Å². The fourth-order valence-corrected chi connectivity index (χ4v) is 3.01. The first-order valence-corrected chi connectivity index (χ1v) is 7.91. The molecule has 0 saturated carbocycles. The van der Waals surface area contributed by atoms with Gasteiger partial charge in [-0.25, -0.2) is 4.98 Å². The first kappa shape index (κ1) is 14.8. The average molecular weight is 271 g/mol. The molecule has 0 unspecified atom stereocenters. The molecule has 0 amide bonds. The third-order valence-electron chi connectivity index (χ3n) is 4.47. The lowest BCUT2D eigenvalue weighted by Crippen LogP contribution is -2.30. The molecule has 3 nitrogen and oxygen atoms in total. The summed E-state index contributed by atoms with van der Waals surface area (Å²) in [4.78, 5) is 7.11. The van der Waals surface area contributed by atoms with Gasteiger partial charge in [0.2, 0.25) is 0 Å². The summed E-state index contributed by atoms with van der Waals surface area (Å²) in [5.74, 6) is 1.58. The largest absolute Gasteiger partial charge is 0.356 e. The molecule has 0 aliphatic heterocycles. The van der Waals surface area contributed by atoms with E-state index in [0.717, 1.165) is 37.3 Å². The molecule has 1 aliphatic rings. The maximum Gasteiger partial charge on any atom is 0.146 e. The molecule has 0 bridgehead atoms. The van der Waals surface area contributed by atoms with E-state index in [1.165, 1.54) is 30.5 Å². The number of hydrogen-bond acceptors (Lipinski definition) is 3. The third-order valence-corrected chi connectivity index (χ3v) is 4.47. The molecule has 1 aromatic rings. The van der Waals surface area contributed by atoms with Gasteiger partial charge in [-0.05, 0) is 43.7 Å². The zero-order valence-corrected chi connectivity index (χ0v) is 12.9. The van der Waals surface area contributed by atoms with Gasteiger partial charge < -0.3 is 4.90 Å². The van der Waals surface area contributed by atoms with Crippen LogP contribution in [0.1, 0.15) is 56.9 Å². The number of fused-ring (bicyclic) bond motifs is 1. The standard InChI is InChI=1S/C17H25N3/c1-4-13(5-2)12-20(6-3)17-15(11-18)10-14-8-7-9-16(14)19-17/h10,13H,4-9,12H2,1-3H3. The summed E-state index contributed by atoms with van der Waals surface area (Å²) in [6.07, 6.45) is 5.68. The second-order valence-electron chi connectivity index (χ2n) is 5.65. The number of nitriles is 1. The first-order chi connectivity index (χ1) is 9.73. The van der Waals surface area contributed by atoms with E-state index >= 15 is 0 Å². The van der Waals surface area contributed by atoms with Crippen molar-refractivity contribution in [3.8, 4) is 6.07 Å². The molecule has 20 heavy (non-hydrogen) atoms. The molecule has 0 radical (unpaired) electrons. The van der Waals surface area contributed by atoms with E-state index in [1.807, 2.05) is 0 Å². The molecule has 0 aromatic carbocycles. The van der Waals surface area contributed by atoms with Crippen LogP contribution in [0.15, 0.2) is 6.07 Å². The highest BCUT2D eigenvalue weighted by Gasteiger charge is 2.20. The Morgan fingerprint density at radius 3 is 2.65 bits per heavy atom. The van der Waals surface area contributed by atoms with E-state index in [4.69, 9.17) is 4.98 Å². The highest BCUT2D eigenvalue weighted by molar-refractivity contribution is 5.56. The summed E-state index contributed by atoms with van der Waals surface area (Å²) in [7, 11) is 0. The van der Waals surface area contributed by atoms with E-state index in [2.05, 4.69) is 37.8 Å². The van der Waals surface area contributed by atoms with Gasteiger partial charge in [-0.3, -0.25) is 0 Å². The van der Waals surface area contributed by atoms with Crippen molar-refractivity contribution in [3.63, 3.8) is 0 Å². The van der Waals surface area contributed by atoms with Crippen LogP contribution in [0.4, 0.5) is 5.82 Å². The maximum atomic E-state index is 9.43. The Balaban J connectivity index is 2.31. The molecular weight excluding hydrogens is 246 g/mol. The first-order valence-electron chi connectivity index (χ1n) is 7.91. The molecule has 0 fully saturated rings. The summed E-state index contributed by atoms with van der Waals surface area (Å²) >= 11 is 0. The van der Waals surface area contributed by atoms with Crippen LogP contribution in [-0.2, 0) is 12.8 Å². The monoisotopic (exact) mass is 271 g/mol. The van der Waals surface area contributed by atoms with Gasteiger partial charge in [0.05, 0.1) is 5.56 Å².